The number of carbonyl (C=O) groups is 1. The van der Waals surface area contributed by atoms with Crippen LogP contribution >= 0.6 is 22.7 Å². The van der Waals surface area contributed by atoms with Crippen LogP contribution in [0.4, 0.5) is 0 Å². The van der Waals surface area contributed by atoms with Crippen molar-refractivity contribution in [3.8, 4) is 0 Å². The summed E-state index contributed by atoms with van der Waals surface area (Å²) in [5.41, 5.74) is 3.36. The average Bonchev–Trinajstić information content (AvgIpc) is 2.88. The molecule has 0 aliphatic rings. The van der Waals surface area contributed by atoms with Crippen molar-refractivity contribution >= 4 is 28.6 Å². The van der Waals surface area contributed by atoms with Crippen LogP contribution in [0.15, 0.2) is 27.7 Å². The molecule has 0 atom stereocenters. The summed E-state index contributed by atoms with van der Waals surface area (Å²) in [5.74, 6) is -0.0255. The van der Waals surface area contributed by atoms with Crippen LogP contribution in [0.2, 0.25) is 0 Å². The third kappa shape index (κ3) is 2.43. The first-order valence-electron chi connectivity index (χ1n) is 4.42. The molecular formula is C10H10N2OS2. The van der Waals surface area contributed by atoms with E-state index in [9.17, 15) is 4.79 Å². The largest absolute Gasteiger partial charge is 0.336 e. The van der Waals surface area contributed by atoms with Gasteiger partial charge in [-0.3, -0.25) is 4.79 Å². The molecule has 0 saturated carbocycles. The first kappa shape index (κ1) is 10.3. The molecule has 0 unspecified atom stereocenters. The van der Waals surface area contributed by atoms with Crippen LogP contribution in [0.25, 0.3) is 0 Å². The molecule has 0 aliphatic carbocycles. The summed E-state index contributed by atoms with van der Waals surface area (Å²) in [4.78, 5) is 17.5. The summed E-state index contributed by atoms with van der Waals surface area (Å²) < 4.78 is 0. The van der Waals surface area contributed by atoms with Crippen molar-refractivity contribution < 1.29 is 4.79 Å². The minimum absolute atomic E-state index is 0.0255. The maximum absolute atomic E-state index is 11.8. The van der Waals surface area contributed by atoms with Gasteiger partial charge < -0.3 is 4.90 Å². The van der Waals surface area contributed by atoms with E-state index in [4.69, 9.17) is 0 Å². The van der Waals surface area contributed by atoms with Crippen LogP contribution in [0, 0.1) is 0 Å². The summed E-state index contributed by atoms with van der Waals surface area (Å²) in [6.45, 7) is 0.639. The Labute approximate surface area is 96.0 Å². The molecule has 2 heterocycles. The summed E-state index contributed by atoms with van der Waals surface area (Å²) in [6.07, 6.45) is 0. The van der Waals surface area contributed by atoms with Crippen LogP contribution in [-0.4, -0.2) is 22.8 Å². The smallest absolute Gasteiger partial charge is 0.273 e. The molecule has 2 aromatic heterocycles. The Morgan fingerprint density at radius 3 is 2.93 bits per heavy atom. The monoisotopic (exact) mass is 238 g/mol. The Kier molecular flexibility index (Phi) is 3.13. The first-order chi connectivity index (χ1) is 7.27. The number of thiophene rings is 1. The van der Waals surface area contributed by atoms with Crippen LogP contribution in [-0.2, 0) is 6.54 Å². The molecule has 0 aromatic carbocycles. The summed E-state index contributed by atoms with van der Waals surface area (Å²) in [6, 6.07) is 2.02. The molecule has 0 aliphatic heterocycles. The van der Waals surface area contributed by atoms with Gasteiger partial charge >= 0.3 is 0 Å². The standard InChI is InChI=1S/C10H10N2OS2/c1-12(4-8-2-3-14-5-8)10(13)9-6-15-7-11-9/h2-3,5-7H,4H2,1H3. The molecule has 0 saturated heterocycles. The van der Waals surface area contributed by atoms with Crippen molar-refractivity contribution in [1.82, 2.24) is 9.88 Å². The molecule has 0 bridgehead atoms. The highest BCUT2D eigenvalue weighted by Crippen LogP contribution is 2.11. The number of aromatic nitrogens is 1. The zero-order valence-electron chi connectivity index (χ0n) is 8.21. The van der Waals surface area contributed by atoms with Gasteiger partial charge in [-0.1, -0.05) is 0 Å². The van der Waals surface area contributed by atoms with E-state index in [1.165, 1.54) is 11.3 Å². The van der Waals surface area contributed by atoms with Crippen LogP contribution in [0.1, 0.15) is 16.1 Å². The lowest BCUT2D eigenvalue weighted by molar-refractivity contribution is 0.0780. The Bertz CT molecular complexity index is 422. The Hall–Kier alpha value is -1.20. The number of hydrogen-bond acceptors (Lipinski definition) is 4. The molecule has 2 rings (SSSR count). The zero-order chi connectivity index (χ0) is 10.7. The van der Waals surface area contributed by atoms with E-state index >= 15 is 0 Å². The molecule has 1 amide bonds. The van der Waals surface area contributed by atoms with Crippen molar-refractivity contribution in [2.24, 2.45) is 0 Å². The van der Waals surface area contributed by atoms with Crippen LogP contribution < -0.4 is 0 Å². The molecule has 0 spiro atoms. The number of nitrogens with zero attached hydrogens (tertiary/aromatic N) is 2. The molecule has 0 fully saturated rings. The maximum Gasteiger partial charge on any atom is 0.273 e. The third-order valence-electron chi connectivity index (χ3n) is 2.00. The fraction of sp³-hybridized carbons (Fsp3) is 0.200. The van der Waals surface area contributed by atoms with Crippen LogP contribution in [0.3, 0.4) is 0 Å². The fourth-order valence-electron chi connectivity index (χ4n) is 1.24. The number of thiazole rings is 1. The van der Waals surface area contributed by atoms with Crippen molar-refractivity contribution in [2.45, 2.75) is 6.54 Å². The van der Waals surface area contributed by atoms with E-state index in [2.05, 4.69) is 4.98 Å². The highest BCUT2D eigenvalue weighted by Gasteiger charge is 2.13. The lowest BCUT2D eigenvalue weighted by atomic mass is 10.3. The van der Waals surface area contributed by atoms with Gasteiger partial charge in [-0.15, -0.1) is 11.3 Å². The Balaban J connectivity index is 2.03. The topological polar surface area (TPSA) is 33.2 Å². The fourth-order valence-corrected chi connectivity index (χ4v) is 2.43. The predicted molar refractivity (Wildman–Crippen MR) is 62.2 cm³/mol. The van der Waals surface area contributed by atoms with E-state index in [1.807, 2.05) is 16.8 Å². The molecule has 0 N–H and O–H groups in total. The van der Waals surface area contributed by atoms with E-state index in [1.54, 1.807) is 34.2 Å². The van der Waals surface area contributed by atoms with Gasteiger partial charge in [0, 0.05) is 19.0 Å². The van der Waals surface area contributed by atoms with Gasteiger partial charge in [-0.25, -0.2) is 4.98 Å². The summed E-state index contributed by atoms with van der Waals surface area (Å²) in [7, 11) is 1.79. The van der Waals surface area contributed by atoms with Crippen molar-refractivity contribution in [3.05, 3.63) is 39.0 Å². The average molecular weight is 238 g/mol. The predicted octanol–water partition coefficient (Wildman–Crippen LogP) is 2.48. The number of carbonyl (C=O) groups excluding carboxylic acids is 1. The minimum Gasteiger partial charge on any atom is -0.336 e. The van der Waals surface area contributed by atoms with Gasteiger partial charge in [-0.05, 0) is 22.4 Å². The molecule has 78 valence electrons. The highest BCUT2D eigenvalue weighted by atomic mass is 32.1. The van der Waals surface area contributed by atoms with Gasteiger partial charge in [0.05, 0.1) is 5.51 Å². The SMILES string of the molecule is CN(Cc1ccsc1)C(=O)c1cscn1. The lowest BCUT2D eigenvalue weighted by Crippen LogP contribution is -2.26. The number of hydrogen-bond donors (Lipinski definition) is 0. The van der Waals surface area contributed by atoms with E-state index in [-0.39, 0.29) is 5.91 Å². The minimum atomic E-state index is -0.0255. The first-order valence-corrected chi connectivity index (χ1v) is 6.30. The van der Waals surface area contributed by atoms with E-state index in [0.717, 1.165) is 5.56 Å². The van der Waals surface area contributed by atoms with Crippen molar-refractivity contribution in [3.63, 3.8) is 0 Å². The normalized spacial score (nSPS) is 10.2. The second-order valence-corrected chi connectivity index (χ2v) is 4.67. The highest BCUT2D eigenvalue weighted by molar-refractivity contribution is 7.08. The van der Waals surface area contributed by atoms with Gasteiger partial charge in [-0.2, -0.15) is 11.3 Å². The molecule has 3 nitrogen and oxygen atoms in total. The molecule has 15 heavy (non-hydrogen) atoms. The Morgan fingerprint density at radius 1 is 1.47 bits per heavy atom. The summed E-state index contributed by atoms with van der Waals surface area (Å²) in [5, 5.41) is 5.83. The van der Waals surface area contributed by atoms with E-state index in [0.29, 0.717) is 12.2 Å². The molecule has 0 radical (unpaired) electrons. The second kappa shape index (κ2) is 4.55. The van der Waals surface area contributed by atoms with Gasteiger partial charge in [0.15, 0.2) is 0 Å². The molecular weight excluding hydrogens is 228 g/mol. The number of rotatable bonds is 3. The van der Waals surface area contributed by atoms with E-state index < -0.39 is 0 Å². The maximum atomic E-state index is 11.8. The van der Waals surface area contributed by atoms with Crippen LogP contribution in [0.5, 0.6) is 0 Å². The molecule has 2 aromatic rings. The quantitative estimate of drug-likeness (QED) is 0.823. The van der Waals surface area contributed by atoms with Crippen molar-refractivity contribution in [2.75, 3.05) is 7.05 Å². The molecule has 5 heteroatoms. The van der Waals surface area contributed by atoms with Crippen molar-refractivity contribution in [1.29, 1.82) is 0 Å². The second-order valence-electron chi connectivity index (χ2n) is 3.17. The summed E-state index contributed by atoms with van der Waals surface area (Å²) >= 11 is 3.08. The van der Waals surface area contributed by atoms with Gasteiger partial charge in [0.1, 0.15) is 5.69 Å². The third-order valence-corrected chi connectivity index (χ3v) is 3.32. The number of amides is 1. The lowest BCUT2D eigenvalue weighted by Gasteiger charge is -2.14. The Morgan fingerprint density at radius 2 is 2.33 bits per heavy atom. The zero-order valence-corrected chi connectivity index (χ0v) is 9.85. The van der Waals surface area contributed by atoms with Gasteiger partial charge in [0.2, 0.25) is 0 Å². The van der Waals surface area contributed by atoms with Gasteiger partial charge in [0.25, 0.3) is 5.91 Å².